The first kappa shape index (κ1) is 17.4. The predicted octanol–water partition coefficient (Wildman–Crippen LogP) is 2.61. The second kappa shape index (κ2) is 9.33. The number of nitrogens with zero attached hydrogens (tertiary/aromatic N) is 1. The lowest BCUT2D eigenvalue weighted by Crippen LogP contribution is -2.21. The van der Waals surface area contributed by atoms with Crippen LogP contribution in [0.3, 0.4) is 0 Å². The Hall–Kier alpha value is -0.630. The standard InChI is InChI=1S/C13H22F2N2O2S/c1-9(2)16-6-11-10(7-18-3)17-13(20-11)4-5-19-8-12(14)15/h9,12,16H,4-8H2,1-3H3. The van der Waals surface area contributed by atoms with Gasteiger partial charge in [-0.05, 0) is 0 Å². The summed E-state index contributed by atoms with van der Waals surface area (Å²) >= 11 is 1.58. The zero-order valence-electron chi connectivity index (χ0n) is 12.1. The Balaban J connectivity index is 2.51. The highest BCUT2D eigenvalue weighted by Crippen LogP contribution is 2.20. The Kier molecular flexibility index (Phi) is 8.13. The summed E-state index contributed by atoms with van der Waals surface area (Å²) in [7, 11) is 1.63. The summed E-state index contributed by atoms with van der Waals surface area (Å²) in [6.07, 6.45) is -1.86. The van der Waals surface area contributed by atoms with Crippen LogP contribution in [0, 0.1) is 0 Å². The van der Waals surface area contributed by atoms with Crippen molar-refractivity contribution in [3.05, 3.63) is 15.6 Å². The van der Waals surface area contributed by atoms with E-state index in [0.717, 1.165) is 22.1 Å². The molecule has 1 aromatic heterocycles. The number of alkyl halides is 2. The molecule has 1 heterocycles. The molecule has 0 bridgehead atoms. The first-order valence-corrected chi connectivity index (χ1v) is 7.40. The van der Waals surface area contributed by atoms with Gasteiger partial charge in [-0.2, -0.15) is 0 Å². The zero-order valence-corrected chi connectivity index (χ0v) is 12.9. The number of hydrogen-bond acceptors (Lipinski definition) is 5. The van der Waals surface area contributed by atoms with E-state index in [1.54, 1.807) is 18.4 Å². The summed E-state index contributed by atoms with van der Waals surface area (Å²) in [5.74, 6) is 0. The molecule has 0 fully saturated rings. The highest BCUT2D eigenvalue weighted by Gasteiger charge is 2.11. The minimum absolute atomic E-state index is 0.265. The van der Waals surface area contributed by atoms with Gasteiger partial charge in [-0.1, -0.05) is 13.8 Å². The molecule has 1 aromatic rings. The quantitative estimate of drug-likeness (QED) is 0.675. The number of nitrogens with one attached hydrogen (secondary N) is 1. The average Bonchev–Trinajstić information content (AvgIpc) is 2.75. The van der Waals surface area contributed by atoms with Gasteiger partial charge in [-0.3, -0.25) is 0 Å². The summed E-state index contributed by atoms with van der Waals surface area (Å²) in [5.41, 5.74) is 0.912. The molecule has 0 unspecified atom stereocenters. The van der Waals surface area contributed by atoms with Crippen molar-refractivity contribution in [1.82, 2.24) is 10.3 Å². The van der Waals surface area contributed by atoms with E-state index < -0.39 is 13.0 Å². The Morgan fingerprint density at radius 2 is 2.10 bits per heavy atom. The second-order valence-corrected chi connectivity index (χ2v) is 5.83. The fourth-order valence-electron chi connectivity index (χ4n) is 1.56. The minimum Gasteiger partial charge on any atom is -0.378 e. The normalized spacial score (nSPS) is 11.8. The number of methoxy groups -OCH3 is 1. The van der Waals surface area contributed by atoms with Gasteiger partial charge in [0.05, 0.1) is 23.9 Å². The molecule has 0 radical (unpaired) electrons. The van der Waals surface area contributed by atoms with Gasteiger partial charge in [0.1, 0.15) is 6.61 Å². The van der Waals surface area contributed by atoms with E-state index in [1.807, 2.05) is 0 Å². The largest absolute Gasteiger partial charge is 0.378 e. The number of rotatable bonds is 10. The molecule has 4 nitrogen and oxygen atoms in total. The predicted molar refractivity (Wildman–Crippen MR) is 75.3 cm³/mol. The number of thiazole rings is 1. The van der Waals surface area contributed by atoms with Crippen molar-refractivity contribution in [3.63, 3.8) is 0 Å². The lowest BCUT2D eigenvalue weighted by Gasteiger charge is -2.07. The maximum atomic E-state index is 11.9. The van der Waals surface area contributed by atoms with E-state index in [9.17, 15) is 8.78 Å². The van der Waals surface area contributed by atoms with Crippen molar-refractivity contribution in [3.8, 4) is 0 Å². The monoisotopic (exact) mass is 308 g/mol. The van der Waals surface area contributed by atoms with E-state index >= 15 is 0 Å². The van der Waals surface area contributed by atoms with Crippen LogP contribution in [0.25, 0.3) is 0 Å². The summed E-state index contributed by atoms with van der Waals surface area (Å²) in [4.78, 5) is 5.61. The third-order valence-electron chi connectivity index (χ3n) is 2.48. The van der Waals surface area contributed by atoms with Crippen molar-refractivity contribution < 1.29 is 18.3 Å². The maximum absolute atomic E-state index is 11.9. The number of aromatic nitrogens is 1. The molecule has 0 aliphatic heterocycles. The number of halogens is 2. The van der Waals surface area contributed by atoms with Gasteiger partial charge < -0.3 is 14.8 Å². The molecule has 0 aromatic carbocycles. The maximum Gasteiger partial charge on any atom is 0.261 e. The van der Waals surface area contributed by atoms with Crippen LogP contribution in [0.15, 0.2) is 0 Å². The number of ether oxygens (including phenoxy) is 2. The lowest BCUT2D eigenvalue weighted by molar-refractivity contribution is 0.0187. The van der Waals surface area contributed by atoms with Crippen LogP contribution >= 0.6 is 11.3 Å². The molecular weight excluding hydrogens is 286 g/mol. The van der Waals surface area contributed by atoms with E-state index in [0.29, 0.717) is 19.1 Å². The molecule has 0 aliphatic rings. The highest BCUT2D eigenvalue weighted by atomic mass is 32.1. The van der Waals surface area contributed by atoms with Crippen LogP contribution in [-0.4, -0.2) is 37.8 Å². The van der Waals surface area contributed by atoms with Crippen molar-refractivity contribution in [2.45, 2.75) is 45.9 Å². The molecule has 7 heteroatoms. The smallest absolute Gasteiger partial charge is 0.261 e. The molecule has 0 amide bonds. The van der Waals surface area contributed by atoms with Gasteiger partial charge >= 0.3 is 0 Å². The Labute approximate surface area is 122 Å². The van der Waals surface area contributed by atoms with Gasteiger partial charge in [0.2, 0.25) is 0 Å². The molecule has 0 atom stereocenters. The van der Waals surface area contributed by atoms with E-state index in [2.05, 4.69) is 24.1 Å². The molecule has 0 spiro atoms. The molecule has 0 saturated carbocycles. The molecular formula is C13H22F2N2O2S. The average molecular weight is 308 g/mol. The fraction of sp³-hybridized carbons (Fsp3) is 0.769. The topological polar surface area (TPSA) is 43.4 Å². The summed E-state index contributed by atoms with van der Waals surface area (Å²) in [6.45, 7) is 5.11. The van der Waals surface area contributed by atoms with Crippen LogP contribution in [0.4, 0.5) is 8.78 Å². The van der Waals surface area contributed by atoms with Gasteiger partial charge in [0, 0.05) is 31.0 Å². The Bertz CT molecular complexity index is 386. The Morgan fingerprint density at radius 3 is 2.70 bits per heavy atom. The molecule has 20 heavy (non-hydrogen) atoms. The molecule has 0 saturated heterocycles. The molecule has 116 valence electrons. The molecule has 1 N–H and O–H groups in total. The summed E-state index contributed by atoms with van der Waals surface area (Å²) < 4.78 is 33.9. The van der Waals surface area contributed by atoms with Crippen molar-refractivity contribution >= 4 is 11.3 Å². The van der Waals surface area contributed by atoms with E-state index in [-0.39, 0.29) is 6.61 Å². The molecule has 0 aliphatic carbocycles. The van der Waals surface area contributed by atoms with Crippen LogP contribution in [0.2, 0.25) is 0 Å². The van der Waals surface area contributed by atoms with Gasteiger partial charge in [0.25, 0.3) is 6.43 Å². The summed E-state index contributed by atoms with van der Waals surface area (Å²) in [5, 5.41) is 4.24. The molecule has 1 rings (SSSR count). The third kappa shape index (κ3) is 6.69. The number of hydrogen-bond donors (Lipinski definition) is 1. The van der Waals surface area contributed by atoms with Crippen LogP contribution in [-0.2, 0) is 29.0 Å². The van der Waals surface area contributed by atoms with Crippen molar-refractivity contribution in [2.75, 3.05) is 20.3 Å². The van der Waals surface area contributed by atoms with Crippen LogP contribution in [0.1, 0.15) is 29.4 Å². The lowest BCUT2D eigenvalue weighted by atomic mass is 10.3. The first-order valence-electron chi connectivity index (χ1n) is 6.58. The van der Waals surface area contributed by atoms with E-state index in [1.165, 1.54) is 0 Å². The van der Waals surface area contributed by atoms with E-state index in [4.69, 9.17) is 9.47 Å². The van der Waals surface area contributed by atoms with Gasteiger partial charge in [0.15, 0.2) is 0 Å². The van der Waals surface area contributed by atoms with Gasteiger partial charge in [-0.25, -0.2) is 13.8 Å². The van der Waals surface area contributed by atoms with Crippen molar-refractivity contribution in [2.24, 2.45) is 0 Å². The minimum atomic E-state index is -2.42. The van der Waals surface area contributed by atoms with Crippen LogP contribution < -0.4 is 5.32 Å². The Morgan fingerprint density at radius 1 is 1.35 bits per heavy atom. The van der Waals surface area contributed by atoms with Crippen LogP contribution in [0.5, 0.6) is 0 Å². The third-order valence-corrected chi connectivity index (χ3v) is 3.64. The zero-order chi connectivity index (χ0) is 15.0. The second-order valence-electron chi connectivity index (χ2n) is 4.66. The highest BCUT2D eigenvalue weighted by molar-refractivity contribution is 7.11. The van der Waals surface area contributed by atoms with Gasteiger partial charge in [-0.15, -0.1) is 11.3 Å². The SMILES string of the molecule is COCc1nc(CCOCC(F)F)sc1CNC(C)C. The van der Waals surface area contributed by atoms with Crippen molar-refractivity contribution in [1.29, 1.82) is 0 Å². The first-order chi connectivity index (χ1) is 9.52. The fourth-order valence-corrected chi connectivity index (χ4v) is 2.56. The summed E-state index contributed by atoms with van der Waals surface area (Å²) in [6, 6.07) is 0.394.